The van der Waals surface area contributed by atoms with Crippen molar-refractivity contribution in [1.29, 1.82) is 0 Å². The van der Waals surface area contributed by atoms with Crippen molar-refractivity contribution in [3.8, 4) is 0 Å². The standard InChI is InChI=1S/C10H12BrClFN/c1-5(2)10(14)6-3-4-7(11)8(12)9(6)13/h3-5,10H,14H2,1-2H3. The van der Waals surface area contributed by atoms with Crippen molar-refractivity contribution in [1.82, 2.24) is 0 Å². The lowest BCUT2D eigenvalue weighted by molar-refractivity contribution is 0.485. The highest BCUT2D eigenvalue weighted by Crippen LogP contribution is 2.31. The Labute approximate surface area is 96.6 Å². The minimum Gasteiger partial charge on any atom is -0.324 e. The summed E-state index contributed by atoms with van der Waals surface area (Å²) < 4.78 is 14.2. The average molecular weight is 281 g/mol. The van der Waals surface area contributed by atoms with E-state index in [9.17, 15) is 4.39 Å². The lowest BCUT2D eigenvalue weighted by Gasteiger charge is -2.17. The molecule has 14 heavy (non-hydrogen) atoms. The average Bonchev–Trinajstić information content (AvgIpc) is 2.13. The van der Waals surface area contributed by atoms with Crippen molar-refractivity contribution < 1.29 is 4.39 Å². The molecular weight excluding hydrogens is 268 g/mol. The van der Waals surface area contributed by atoms with Crippen LogP contribution in [0.15, 0.2) is 16.6 Å². The van der Waals surface area contributed by atoms with Gasteiger partial charge in [0.05, 0.1) is 5.02 Å². The van der Waals surface area contributed by atoms with Crippen molar-refractivity contribution in [3.05, 3.63) is 33.0 Å². The molecule has 0 aliphatic heterocycles. The third-order valence-corrected chi connectivity index (χ3v) is 3.40. The van der Waals surface area contributed by atoms with Gasteiger partial charge in [-0.25, -0.2) is 4.39 Å². The molecule has 4 heteroatoms. The van der Waals surface area contributed by atoms with E-state index in [0.29, 0.717) is 10.0 Å². The molecule has 1 atom stereocenters. The van der Waals surface area contributed by atoms with E-state index in [1.807, 2.05) is 13.8 Å². The number of halogens is 3. The first-order chi connectivity index (χ1) is 6.45. The van der Waals surface area contributed by atoms with Crippen LogP contribution in [0.2, 0.25) is 5.02 Å². The molecule has 1 aromatic rings. The molecule has 0 radical (unpaired) electrons. The molecule has 1 nitrogen and oxygen atoms in total. The van der Waals surface area contributed by atoms with Crippen molar-refractivity contribution in [2.75, 3.05) is 0 Å². The highest BCUT2D eigenvalue weighted by atomic mass is 79.9. The minimum absolute atomic E-state index is 0.0959. The molecule has 0 saturated carbocycles. The summed E-state index contributed by atoms with van der Waals surface area (Å²) in [4.78, 5) is 0. The van der Waals surface area contributed by atoms with Crippen LogP contribution in [0.25, 0.3) is 0 Å². The largest absolute Gasteiger partial charge is 0.324 e. The van der Waals surface area contributed by atoms with Gasteiger partial charge in [0.15, 0.2) is 0 Å². The highest BCUT2D eigenvalue weighted by Gasteiger charge is 2.18. The molecule has 0 bridgehead atoms. The summed E-state index contributed by atoms with van der Waals surface area (Å²) in [6.45, 7) is 3.89. The van der Waals surface area contributed by atoms with Crippen LogP contribution >= 0.6 is 27.5 Å². The molecule has 0 aliphatic rings. The summed E-state index contributed by atoms with van der Waals surface area (Å²) in [6, 6.07) is 3.06. The van der Waals surface area contributed by atoms with E-state index in [4.69, 9.17) is 17.3 Å². The quantitative estimate of drug-likeness (QED) is 0.817. The molecule has 1 unspecified atom stereocenters. The predicted octanol–water partition coefficient (Wildman–Crippen LogP) is 3.90. The highest BCUT2D eigenvalue weighted by molar-refractivity contribution is 9.10. The van der Waals surface area contributed by atoms with Crippen LogP contribution in [-0.4, -0.2) is 0 Å². The van der Waals surface area contributed by atoms with E-state index in [2.05, 4.69) is 15.9 Å². The normalized spacial score (nSPS) is 13.4. The number of hydrogen-bond donors (Lipinski definition) is 1. The van der Waals surface area contributed by atoms with Crippen LogP contribution < -0.4 is 5.73 Å². The van der Waals surface area contributed by atoms with Crippen molar-refractivity contribution in [2.45, 2.75) is 19.9 Å². The number of hydrogen-bond acceptors (Lipinski definition) is 1. The fourth-order valence-electron chi connectivity index (χ4n) is 1.16. The van der Waals surface area contributed by atoms with Crippen LogP contribution in [0.5, 0.6) is 0 Å². The molecule has 0 aromatic heterocycles. The Balaban J connectivity index is 3.17. The van der Waals surface area contributed by atoms with Gasteiger partial charge in [0.25, 0.3) is 0 Å². The van der Waals surface area contributed by atoms with Gasteiger partial charge in [0.2, 0.25) is 0 Å². The van der Waals surface area contributed by atoms with Crippen LogP contribution in [0, 0.1) is 11.7 Å². The number of rotatable bonds is 2. The zero-order valence-electron chi connectivity index (χ0n) is 8.02. The second-order valence-electron chi connectivity index (χ2n) is 3.53. The predicted molar refractivity (Wildman–Crippen MR) is 60.9 cm³/mol. The molecule has 0 fully saturated rings. The van der Waals surface area contributed by atoms with Crippen LogP contribution in [0.4, 0.5) is 4.39 Å². The first-order valence-electron chi connectivity index (χ1n) is 4.34. The van der Waals surface area contributed by atoms with Gasteiger partial charge in [0.1, 0.15) is 5.82 Å². The van der Waals surface area contributed by atoms with Gasteiger partial charge >= 0.3 is 0 Å². The number of benzene rings is 1. The third-order valence-electron chi connectivity index (χ3n) is 2.14. The lowest BCUT2D eigenvalue weighted by atomic mass is 9.97. The summed E-state index contributed by atoms with van der Waals surface area (Å²) in [7, 11) is 0. The molecule has 78 valence electrons. The van der Waals surface area contributed by atoms with Gasteiger partial charge in [-0.3, -0.25) is 0 Å². The summed E-state index contributed by atoms with van der Waals surface area (Å²) in [5.41, 5.74) is 6.31. The van der Waals surface area contributed by atoms with Crippen molar-refractivity contribution >= 4 is 27.5 Å². The van der Waals surface area contributed by atoms with Crippen LogP contribution in [0.1, 0.15) is 25.5 Å². The second kappa shape index (κ2) is 4.60. The topological polar surface area (TPSA) is 26.0 Å². The second-order valence-corrected chi connectivity index (χ2v) is 4.77. The summed E-state index contributed by atoms with van der Waals surface area (Å²) >= 11 is 8.91. The van der Waals surface area contributed by atoms with E-state index >= 15 is 0 Å². The van der Waals surface area contributed by atoms with Crippen LogP contribution in [0.3, 0.4) is 0 Å². The molecule has 1 rings (SSSR count). The molecule has 0 heterocycles. The Kier molecular flexibility index (Phi) is 3.93. The zero-order valence-corrected chi connectivity index (χ0v) is 10.4. The Hall–Kier alpha value is -0.120. The minimum atomic E-state index is -0.428. The SMILES string of the molecule is CC(C)C(N)c1ccc(Br)c(Cl)c1F. The van der Waals surface area contributed by atoms with Gasteiger partial charge < -0.3 is 5.73 Å². The Bertz CT molecular complexity index is 341. The fourth-order valence-corrected chi connectivity index (χ4v) is 1.64. The molecule has 2 N–H and O–H groups in total. The van der Waals surface area contributed by atoms with E-state index in [0.717, 1.165) is 0 Å². The monoisotopic (exact) mass is 279 g/mol. The first kappa shape index (κ1) is 12.0. The van der Waals surface area contributed by atoms with Gasteiger partial charge in [-0.1, -0.05) is 31.5 Å². The Morgan fingerprint density at radius 1 is 1.43 bits per heavy atom. The maximum absolute atomic E-state index is 13.6. The van der Waals surface area contributed by atoms with E-state index in [1.165, 1.54) is 0 Å². The van der Waals surface area contributed by atoms with Crippen LogP contribution in [-0.2, 0) is 0 Å². The summed E-state index contributed by atoms with van der Waals surface area (Å²) in [6.07, 6.45) is 0. The Morgan fingerprint density at radius 2 is 2.00 bits per heavy atom. The van der Waals surface area contributed by atoms with Crippen molar-refractivity contribution in [2.24, 2.45) is 11.7 Å². The van der Waals surface area contributed by atoms with Crippen molar-refractivity contribution in [3.63, 3.8) is 0 Å². The molecule has 0 amide bonds. The fraction of sp³-hybridized carbons (Fsp3) is 0.400. The van der Waals surface area contributed by atoms with Gasteiger partial charge in [-0.2, -0.15) is 0 Å². The molecule has 0 saturated heterocycles. The van der Waals surface area contributed by atoms with E-state index < -0.39 is 5.82 Å². The van der Waals surface area contributed by atoms with Gasteiger partial charge in [-0.05, 0) is 27.9 Å². The first-order valence-corrected chi connectivity index (χ1v) is 5.51. The smallest absolute Gasteiger partial charge is 0.147 e. The molecule has 0 aliphatic carbocycles. The van der Waals surface area contributed by atoms with E-state index in [-0.39, 0.29) is 17.0 Å². The summed E-state index contributed by atoms with van der Waals surface area (Å²) in [5, 5.41) is 0.0959. The van der Waals surface area contributed by atoms with Gasteiger partial charge in [0, 0.05) is 16.1 Å². The third kappa shape index (κ3) is 2.27. The molecule has 0 spiro atoms. The summed E-state index contributed by atoms with van der Waals surface area (Å²) in [5.74, 6) is -0.246. The molecular formula is C10H12BrClFN. The number of nitrogens with two attached hydrogens (primary N) is 1. The maximum Gasteiger partial charge on any atom is 0.147 e. The lowest BCUT2D eigenvalue weighted by Crippen LogP contribution is -2.18. The van der Waals surface area contributed by atoms with Gasteiger partial charge in [-0.15, -0.1) is 0 Å². The van der Waals surface area contributed by atoms with E-state index in [1.54, 1.807) is 12.1 Å². The molecule has 1 aromatic carbocycles. The maximum atomic E-state index is 13.6. The Morgan fingerprint density at radius 3 is 2.50 bits per heavy atom. The zero-order chi connectivity index (χ0) is 10.9.